The smallest absolute Gasteiger partial charge is 0.417 e. The minimum atomic E-state index is -4.52. The van der Waals surface area contributed by atoms with Crippen molar-refractivity contribution in [2.45, 2.75) is 38.5 Å². The van der Waals surface area contributed by atoms with Gasteiger partial charge in [-0.3, -0.25) is 4.79 Å². The second-order valence-electron chi connectivity index (χ2n) is 11.5. The second-order valence-corrected chi connectivity index (χ2v) is 12.6. The van der Waals surface area contributed by atoms with Crippen molar-refractivity contribution in [3.63, 3.8) is 0 Å². The van der Waals surface area contributed by atoms with Gasteiger partial charge >= 0.3 is 12.1 Å². The summed E-state index contributed by atoms with van der Waals surface area (Å²) in [6, 6.07) is 25.7. The van der Waals surface area contributed by atoms with Crippen LogP contribution in [0.25, 0.3) is 54.8 Å². The average Bonchev–Trinajstić information content (AvgIpc) is 3.75. The fourth-order valence-electron chi connectivity index (χ4n) is 6.47. The van der Waals surface area contributed by atoms with Crippen molar-refractivity contribution in [3.8, 4) is 33.6 Å². The SMILES string of the molecule is CC1CCCN1C(=O)Cn1c(-c2ccc3nc(-c4ccccc4C(F)(F)F)ccc3c2)c(-c2ccccc2)c2sc(C(=O)O)cc21. The molecule has 0 bridgehead atoms. The maximum Gasteiger partial charge on any atom is 0.417 e. The van der Waals surface area contributed by atoms with Gasteiger partial charge in [0.15, 0.2) is 0 Å². The molecule has 0 spiro atoms. The molecular formula is C36H28F3N3O3S. The van der Waals surface area contributed by atoms with Crippen molar-refractivity contribution in [2.24, 2.45) is 0 Å². The van der Waals surface area contributed by atoms with E-state index in [1.807, 2.05) is 58.9 Å². The number of fused-ring (bicyclic) bond motifs is 2. The highest BCUT2D eigenvalue weighted by atomic mass is 32.1. The lowest BCUT2D eigenvalue weighted by Crippen LogP contribution is -2.36. The predicted octanol–water partition coefficient (Wildman–Crippen LogP) is 8.98. The van der Waals surface area contributed by atoms with Gasteiger partial charge in [0, 0.05) is 29.1 Å². The Bertz CT molecular complexity index is 2140. The summed E-state index contributed by atoms with van der Waals surface area (Å²) < 4.78 is 43.9. The summed E-state index contributed by atoms with van der Waals surface area (Å²) in [5.41, 5.74) is 3.89. The first-order chi connectivity index (χ1) is 22.1. The Hall–Kier alpha value is -4.96. The van der Waals surface area contributed by atoms with E-state index in [1.54, 1.807) is 30.3 Å². The largest absolute Gasteiger partial charge is 0.477 e. The van der Waals surface area contributed by atoms with Crippen LogP contribution in [0.4, 0.5) is 13.2 Å². The standard InChI is InChI=1S/C36H28F3N3O3S/c1-21-8-7-17-41(21)31(43)20-42-29-19-30(35(44)45)46-34(29)32(22-9-3-2-4-10-22)33(42)24-14-15-27-23(18-24)13-16-28(40-27)25-11-5-6-12-26(25)36(37,38)39/h2-6,9-16,18-19,21H,7-8,17,20H2,1H3,(H,44,45). The number of nitrogens with zero attached hydrogens (tertiary/aromatic N) is 3. The molecule has 6 aromatic rings. The fraction of sp³-hybridized carbons (Fsp3) is 0.194. The normalized spacial score (nSPS) is 15.2. The highest BCUT2D eigenvalue weighted by Gasteiger charge is 2.34. The third-order valence-electron chi connectivity index (χ3n) is 8.65. The Balaban J connectivity index is 1.42. The molecule has 1 saturated heterocycles. The lowest BCUT2D eigenvalue weighted by molar-refractivity contribution is -0.137. The van der Waals surface area contributed by atoms with Gasteiger partial charge in [0.1, 0.15) is 11.4 Å². The van der Waals surface area contributed by atoms with Crippen molar-refractivity contribution in [1.82, 2.24) is 14.5 Å². The molecule has 6 nitrogen and oxygen atoms in total. The number of aromatic nitrogens is 2. The number of aromatic carboxylic acids is 1. The summed E-state index contributed by atoms with van der Waals surface area (Å²) >= 11 is 1.17. The lowest BCUT2D eigenvalue weighted by Gasteiger charge is -2.23. The number of thiophene rings is 1. The first-order valence-corrected chi connectivity index (χ1v) is 15.7. The Morgan fingerprint density at radius 3 is 2.43 bits per heavy atom. The summed E-state index contributed by atoms with van der Waals surface area (Å²) in [6.45, 7) is 2.75. The Morgan fingerprint density at radius 2 is 1.72 bits per heavy atom. The van der Waals surface area contributed by atoms with E-state index in [-0.39, 0.29) is 34.6 Å². The maximum absolute atomic E-state index is 13.8. The number of rotatable bonds is 6. The highest BCUT2D eigenvalue weighted by Crippen LogP contribution is 2.45. The topological polar surface area (TPSA) is 75.4 Å². The second kappa shape index (κ2) is 11.4. The molecule has 10 heteroatoms. The van der Waals surface area contributed by atoms with Crippen LogP contribution in [0.15, 0.2) is 91.0 Å². The molecule has 0 aliphatic carbocycles. The molecule has 4 heterocycles. The van der Waals surface area contributed by atoms with Crippen molar-refractivity contribution in [1.29, 1.82) is 0 Å². The van der Waals surface area contributed by atoms with E-state index in [9.17, 15) is 27.9 Å². The lowest BCUT2D eigenvalue weighted by atomic mass is 9.99. The van der Waals surface area contributed by atoms with E-state index in [0.29, 0.717) is 23.0 Å². The molecule has 3 aromatic carbocycles. The number of carboxylic acid groups (broad SMARTS) is 1. The van der Waals surface area contributed by atoms with Gasteiger partial charge in [-0.05, 0) is 61.2 Å². The molecular weight excluding hydrogens is 611 g/mol. The average molecular weight is 640 g/mol. The van der Waals surface area contributed by atoms with Crippen LogP contribution >= 0.6 is 11.3 Å². The van der Waals surface area contributed by atoms with E-state index in [1.165, 1.54) is 23.5 Å². The summed E-state index contributed by atoms with van der Waals surface area (Å²) in [5, 5.41) is 10.6. The number of hydrogen-bond donors (Lipinski definition) is 1. The highest BCUT2D eigenvalue weighted by molar-refractivity contribution is 7.21. The van der Waals surface area contributed by atoms with Crippen molar-refractivity contribution in [2.75, 3.05) is 6.54 Å². The number of carbonyl (C=O) groups excluding carboxylic acids is 1. The molecule has 1 atom stereocenters. The van der Waals surface area contributed by atoms with E-state index in [4.69, 9.17) is 0 Å². The molecule has 232 valence electrons. The predicted molar refractivity (Wildman–Crippen MR) is 174 cm³/mol. The number of carboxylic acids is 1. The number of pyridine rings is 1. The Labute approximate surface area is 266 Å². The van der Waals surface area contributed by atoms with Crippen molar-refractivity contribution in [3.05, 3.63) is 101 Å². The van der Waals surface area contributed by atoms with Crippen LogP contribution in [-0.4, -0.2) is 44.0 Å². The van der Waals surface area contributed by atoms with E-state index >= 15 is 0 Å². The molecule has 1 amide bonds. The molecule has 1 aliphatic heterocycles. The van der Waals surface area contributed by atoms with Crippen LogP contribution in [0.1, 0.15) is 35.0 Å². The zero-order valence-electron chi connectivity index (χ0n) is 24.7. The number of hydrogen-bond acceptors (Lipinski definition) is 4. The van der Waals surface area contributed by atoms with Gasteiger partial charge in [0.2, 0.25) is 5.91 Å². The zero-order valence-corrected chi connectivity index (χ0v) is 25.5. The number of carbonyl (C=O) groups is 2. The summed E-state index contributed by atoms with van der Waals surface area (Å²) in [7, 11) is 0. The van der Waals surface area contributed by atoms with E-state index < -0.39 is 17.7 Å². The van der Waals surface area contributed by atoms with Gasteiger partial charge in [-0.1, -0.05) is 60.7 Å². The molecule has 3 aromatic heterocycles. The Morgan fingerprint density at radius 1 is 0.957 bits per heavy atom. The molecule has 1 unspecified atom stereocenters. The molecule has 0 radical (unpaired) electrons. The van der Waals surface area contributed by atoms with Crippen LogP contribution in [0.5, 0.6) is 0 Å². The molecule has 46 heavy (non-hydrogen) atoms. The zero-order chi connectivity index (χ0) is 32.2. The van der Waals surface area contributed by atoms with Crippen LogP contribution < -0.4 is 0 Å². The maximum atomic E-state index is 13.8. The number of likely N-dealkylation sites (tertiary alicyclic amines) is 1. The first-order valence-electron chi connectivity index (χ1n) is 14.9. The third kappa shape index (κ3) is 5.22. The van der Waals surface area contributed by atoms with Crippen molar-refractivity contribution < 1.29 is 27.9 Å². The molecule has 7 rings (SSSR count). The van der Waals surface area contributed by atoms with Crippen LogP contribution in [0.3, 0.4) is 0 Å². The summed E-state index contributed by atoms with van der Waals surface area (Å²) in [6.07, 6.45) is -2.65. The minimum Gasteiger partial charge on any atom is -0.477 e. The summed E-state index contributed by atoms with van der Waals surface area (Å²) in [5.74, 6) is -1.08. The number of amides is 1. The van der Waals surface area contributed by atoms with Gasteiger partial charge in [0.25, 0.3) is 0 Å². The summed E-state index contributed by atoms with van der Waals surface area (Å²) in [4.78, 5) is 32.5. The fourth-order valence-corrected chi connectivity index (χ4v) is 7.54. The van der Waals surface area contributed by atoms with Gasteiger partial charge in [0.05, 0.1) is 32.7 Å². The van der Waals surface area contributed by atoms with Gasteiger partial charge < -0.3 is 14.6 Å². The van der Waals surface area contributed by atoms with Gasteiger partial charge in [-0.2, -0.15) is 13.2 Å². The van der Waals surface area contributed by atoms with Crippen LogP contribution in [0, 0.1) is 0 Å². The Kier molecular flexibility index (Phi) is 7.39. The number of halogens is 3. The van der Waals surface area contributed by atoms with Crippen LogP contribution in [0.2, 0.25) is 0 Å². The first kappa shape index (κ1) is 29.7. The molecule has 1 aliphatic rings. The molecule has 0 saturated carbocycles. The number of alkyl halides is 3. The monoisotopic (exact) mass is 639 g/mol. The van der Waals surface area contributed by atoms with Crippen LogP contribution in [-0.2, 0) is 17.5 Å². The molecule has 1 fully saturated rings. The van der Waals surface area contributed by atoms with E-state index in [0.717, 1.165) is 46.0 Å². The van der Waals surface area contributed by atoms with E-state index in [2.05, 4.69) is 4.98 Å². The van der Waals surface area contributed by atoms with Crippen molar-refractivity contribution >= 4 is 44.3 Å². The molecule has 1 N–H and O–H groups in total. The van der Waals surface area contributed by atoms with Gasteiger partial charge in [-0.15, -0.1) is 11.3 Å². The third-order valence-corrected chi connectivity index (χ3v) is 9.78. The quantitative estimate of drug-likeness (QED) is 0.197. The van der Waals surface area contributed by atoms with Gasteiger partial charge in [-0.25, -0.2) is 9.78 Å². The number of benzene rings is 3. The minimum absolute atomic E-state index is 0.00495.